The number of amides is 2. The SMILES string of the molecule is [CH2]CCN(C(N)=O)c1cccc(C(COC)C(C)C)c1CO. The first-order valence-electron chi connectivity index (χ1n) is 7.55. The summed E-state index contributed by atoms with van der Waals surface area (Å²) in [5, 5.41) is 9.86. The van der Waals surface area contributed by atoms with Crippen molar-refractivity contribution in [3.8, 4) is 0 Å². The molecular formula is C17H27N2O3. The quantitative estimate of drug-likeness (QED) is 0.775. The zero-order valence-electron chi connectivity index (χ0n) is 13.7. The summed E-state index contributed by atoms with van der Waals surface area (Å²) in [6.45, 7) is 8.81. The van der Waals surface area contributed by atoms with E-state index in [1.54, 1.807) is 13.2 Å². The van der Waals surface area contributed by atoms with Crippen molar-refractivity contribution in [1.82, 2.24) is 0 Å². The number of nitrogens with two attached hydrogens (primary N) is 1. The van der Waals surface area contributed by atoms with Crippen LogP contribution in [0.5, 0.6) is 0 Å². The van der Waals surface area contributed by atoms with Crippen molar-refractivity contribution < 1.29 is 14.6 Å². The van der Waals surface area contributed by atoms with Crippen LogP contribution in [-0.2, 0) is 11.3 Å². The van der Waals surface area contributed by atoms with Crippen LogP contribution in [0.3, 0.4) is 0 Å². The smallest absolute Gasteiger partial charge is 0.319 e. The molecule has 1 unspecified atom stereocenters. The van der Waals surface area contributed by atoms with Crippen LogP contribution in [0.25, 0.3) is 0 Å². The van der Waals surface area contributed by atoms with E-state index in [1.807, 2.05) is 12.1 Å². The lowest BCUT2D eigenvalue weighted by Gasteiger charge is -2.28. The molecule has 0 fully saturated rings. The van der Waals surface area contributed by atoms with Gasteiger partial charge in [0.25, 0.3) is 0 Å². The van der Waals surface area contributed by atoms with Crippen molar-refractivity contribution in [2.24, 2.45) is 11.7 Å². The fourth-order valence-corrected chi connectivity index (χ4v) is 2.69. The van der Waals surface area contributed by atoms with Crippen LogP contribution in [0.15, 0.2) is 18.2 Å². The first-order chi connectivity index (χ1) is 10.5. The Kier molecular flexibility index (Phi) is 7.35. The Morgan fingerprint density at radius 1 is 1.45 bits per heavy atom. The van der Waals surface area contributed by atoms with Gasteiger partial charge in [-0.2, -0.15) is 0 Å². The number of hydrogen-bond donors (Lipinski definition) is 2. The Morgan fingerprint density at radius 3 is 2.59 bits per heavy atom. The number of ether oxygens (including phenoxy) is 1. The summed E-state index contributed by atoms with van der Waals surface area (Å²) in [5.74, 6) is 0.483. The van der Waals surface area contributed by atoms with Crippen molar-refractivity contribution >= 4 is 11.7 Å². The van der Waals surface area contributed by atoms with E-state index >= 15 is 0 Å². The van der Waals surface area contributed by atoms with Crippen LogP contribution in [0.1, 0.15) is 37.3 Å². The van der Waals surface area contributed by atoms with Gasteiger partial charge in [-0.1, -0.05) is 32.9 Å². The Hall–Kier alpha value is -1.59. The molecule has 0 saturated carbocycles. The van der Waals surface area contributed by atoms with Gasteiger partial charge < -0.3 is 15.6 Å². The zero-order chi connectivity index (χ0) is 16.7. The largest absolute Gasteiger partial charge is 0.392 e. The number of hydrogen-bond acceptors (Lipinski definition) is 3. The highest BCUT2D eigenvalue weighted by atomic mass is 16.5. The third-order valence-electron chi connectivity index (χ3n) is 3.83. The minimum absolute atomic E-state index is 0.140. The van der Waals surface area contributed by atoms with Crippen molar-refractivity contribution in [2.75, 3.05) is 25.2 Å². The molecule has 0 aliphatic carbocycles. The molecule has 1 atom stereocenters. The summed E-state index contributed by atoms with van der Waals surface area (Å²) in [6.07, 6.45) is 0.545. The Balaban J connectivity index is 3.37. The van der Waals surface area contributed by atoms with Gasteiger partial charge in [-0.25, -0.2) is 4.79 Å². The highest BCUT2D eigenvalue weighted by molar-refractivity contribution is 5.91. The van der Waals surface area contributed by atoms with Crippen molar-refractivity contribution in [2.45, 2.75) is 32.8 Å². The molecular weight excluding hydrogens is 280 g/mol. The van der Waals surface area contributed by atoms with Gasteiger partial charge in [0, 0.05) is 25.1 Å². The highest BCUT2D eigenvalue weighted by Gasteiger charge is 2.23. The molecule has 2 amide bonds. The van der Waals surface area contributed by atoms with Gasteiger partial charge in [-0.15, -0.1) is 0 Å². The van der Waals surface area contributed by atoms with Gasteiger partial charge in [0.2, 0.25) is 0 Å². The van der Waals surface area contributed by atoms with Gasteiger partial charge in [-0.05, 0) is 24.0 Å². The summed E-state index contributed by atoms with van der Waals surface area (Å²) < 4.78 is 5.32. The van der Waals surface area contributed by atoms with E-state index < -0.39 is 6.03 Å². The third kappa shape index (κ3) is 4.21. The van der Waals surface area contributed by atoms with E-state index in [9.17, 15) is 9.90 Å². The summed E-state index contributed by atoms with van der Waals surface area (Å²) in [4.78, 5) is 13.2. The van der Waals surface area contributed by atoms with Gasteiger partial charge >= 0.3 is 6.03 Å². The normalized spacial score (nSPS) is 12.5. The number of urea groups is 1. The standard InChI is InChI=1S/C17H27N2O3/c1-5-9-19(17(18)21)16-8-6-7-13(14(16)10-20)15(11-22-4)12(2)3/h6-8,12,15,20H,1,5,9-11H2,2-4H3,(H2,18,21). The molecule has 0 aromatic heterocycles. The molecule has 0 aliphatic rings. The van der Waals surface area contributed by atoms with Crippen LogP contribution in [0.4, 0.5) is 10.5 Å². The molecule has 5 nitrogen and oxygen atoms in total. The Bertz CT molecular complexity index is 489. The number of aliphatic hydroxyl groups is 1. The maximum atomic E-state index is 11.7. The van der Waals surface area contributed by atoms with Crippen molar-refractivity contribution in [1.29, 1.82) is 0 Å². The fraction of sp³-hybridized carbons (Fsp3) is 0.529. The molecule has 22 heavy (non-hydrogen) atoms. The molecule has 123 valence electrons. The van der Waals surface area contributed by atoms with E-state index in [-0.39, 0.29) is 12.5 Å². The summed E-state index contributed by atoms with van der Waals surface area (Å²) in [5.41, 5.74) is 7.85. The molecule has 0 aliphatic heterocycles. The van der Waals surface area contributed by atoms with Gasteiger partial charge in [-0.3, -0.25) is 4.90 Å². The molecule has 0 bridgehead atoms. The number of carbonyl (C=O) groups is 1. The Labute approximate surface area is 133 Å². The van der Waals surface area contributed by atoms with Crippen LogP contribution in [0.2, 0.25) is 0 Å². The fourth-order valence-electron chi connectivity index (χ4n) is 2.69. The lowest BCUT2D eigenvalue weighted by atomic mass is 9.85. The van der Waals surface area contributed by atoms with Crippen molar-refractivity contribution in [3.63, 3.8) is 0 Å². The number of rotatable bonds is 8. The molecule has 3 N–H and O–H groups in total. The molecule has 0 saturated heterocycles. The van der Waals surface area contributed by atoms with E-state index in [0.29, 0.717) is 31.2 Å². The molecule has 1 rings (SSSR count). The van der Waals surface area contributed by atoms with Crippen LogP contribution in [0, 0.1) is 12.8 Å². The lowest BCUT2D eigenvalue weighted by molar-refractivity contribution is 0.161. The molecule has 0 heterocycles. The molecule has 1 aromatic rings. The molecule has 5 heteroatoms. The molecule has 1 radical (unpaired) electrons. The summed E-state index contributed by atoms with van der Waals surface area (Å²) >= 11 is 0. The first kappa shape index (κ1) is 18.5. The van der Waals surface area contributed by atoms with E-state index in [2.05, 4.69) is 20.8 Å². The van der Waals surface area contributed by atoms with Crippen LogP contribution >= 0.6 is 0 Å². The predicted octanol–water partition coefficient (Wildman–Crippen LogP) is 2.67. The Morgan fingerprint density at radius 2 is 2.14 bits per heavy atom. The summed E-state index contributed by atoms with van der Waals surface area (Å²) in [7, 11) is 1.66. The van der Waals surface area contributed by atoms with E-state index in [0.717, 1.165) is 11.1 Å². The van der Waals surface area contributed by atoms with Crippen LogP contribution in [-0.4, -0.2) is 31.4 Å². The average Bonchev–Trinajstić information content (AvgIpc) is 2.48. The highest BCUT2D eigenvalue weighted by Crippen LogP contribution is 2.33. The number of benzene rings is 1. The van der Waals surface area contributed by atoms with Gasteiger partial charge in [0.1, 0.15) is 0 Å². The monoisotopic (exact) mass is 307 g/mol. The van der Waals surface area contributed by atoms with Crippen molar-refractivity contribution in [3.05, 3.63) is 36.2 Å². The first-order valence-corrected chi connectivity index (χ1v) is 7.55. The number of nitrogens with zero attached hydrogens (tertiary/aromatic N) is 1. The van der Waals surface area contributed by atoms with E-state index in [1.165, 1.54) is 4.90 Å². The zero-order valence-corrected chi connectivity index (χ0v) is 13.7. The van der Waals surface area contributed by atoms with E-state index in [4.69, 9.17) is 10.5 Å². The number of aliphatic hydroxyl groups excluding tert-OH is 1. The second-order valence-corrected chi connectivity index (χ2v) is 5.65. The number of primary amides is 1. The predicted molar refractivity (Wildman–Crippen MR) is 88.7 cm³/mol. The summed E-state index contributed by atoms with van der Waals surface area (Å²) in [6, 6.07) is 5.12. The van der Waals surface area contributed by atoms with Gasteiger partial charge in [0.15, 0.2) is 0 Å². The maximum Gasteiger partial charge on any atom is 0.319 e. The molecule has 0 spiro atoms. The topological polar surface area (TPSA) is 75.8 Å². The number of carbonyl (C=O) groups excluding carboxylic acids is 1. The molecule has 1 aromatic carbocycles. The average molecular weight is 307 g/mol. The minimum atomic E-state index is -0.539. The third-order valence-corrected chi connectivity index (χ3v) is 3.83. The second-order valence-electron chi connectivity index (χ2n) is 5.65. The van der Waals surface area contributed by atoms with Crippen LogP contribution < -0.4 is 10.6 Å². The number of methoxy groups -OCH3 is 1. The lowest BCUT2D eigenvalue weighted by Crippen LogP contribution is -2.37. The second kappa shape index (κ2) is 8.76. The van der Waals surface area contributed by atoms with Gasteiger partial charge in [0.05, 0.1) is 18.9 Å². The minimum Gasteiger partial charge on any atom is -0.392 e. The number of anilines is 1. The maximum absolute atomic E-state index is 11.7.